The van der Waals surface area contributed by atoms with Crippen LogP contribution in [0.15, 0.2) is 35.1 Å². The maximum atomic E-state index is 11.8. The molecular weight excluding hydrogens is 228 g/mol. The van der Waals surface area contributed by atoms with Crippen molar-refractivity contribution in [2.45, 2.75) is 13.3 Å². The summed E-state index contributed by atoms with van der Waals surface area (Å²) in [5, 5.41) is 4.87. The number of pyridine rings is 1. The van der Waals surface area contributed by atoms with Crippen LogP contribution in [0.4, 0.5) is 5.82 Å². The highest BCUT2D eigenvalue weighted by atomic mass is 16.5. The van der Waals surface area contributed by atoms with Crippen LogP contribution in [0.2, 0.25) is 0 Å². The topological polar surface area (TPSA) is 54.1 Å². The molecule has 0 spiro atoms. The zero-order valence-electron chi connectivity index (χ0n) is 10.5. The molecule has 2 N–H and O–H groups in total. The van der Waals surface area contributed by atoms with Gasteiger partial charge in [-0.15, -0.1) is 0 Å². The zero-order chi connectivity index (χ0) is 12.8. The second-order valence-corrected chi connectivity index (χ2v) is 4.08. The van der Waals surface area contributed by atoms with E-state index in [0.29, 0.717) is 0 Å². The van der Waals surface area contributed by atoms with Gasteiger partial charge in [-0.1, -0.05) is 18.2 Å². The van der Waals surface area contributed by atoms with E-state index in [0.717, 1.165) is 42.8 Å². The Bertz CT molecular complexity index is 563. The van der Waals surface area contributed by atoms with Gasteiger partial charge >= 0.3 is 0 Å². The van der Waals surface area contributed by atoms with E-state index in [9.17, 15) is 4.79 Å². The van der Waals surface area contributed by atoms with Crippen molar-refractivity contribution < 1.29 is 4.74 Å². The molecule has 2 rings (SSSR count). The van der Waals surface area contributed by atoms with Crippen molar-refractivity contribution in [3.63, 3.8) is 0 Å². The van der Waals surface area contributed by atoms with Crippen LogP contribution in [0, 0.1) is 0 Å². The molecular formula is C14H18N2O2. The number of ether oxygens (including phenoxy) is 1. The summed E-state index contributed by atoms with van der Waals surface area (Å²) in [5.41, 5.74) is -0.0552. The maximum Gasteiger partial charge on any atom is 0.257 e. The molecule has 0 amide bonds. The molecule has 1 heterocycles. The van der Waals surface area contributed by atoms with E-state index < -0.39 is 0 Å². The minimum absolute atomic E-state index is 0.0552. The van der Waals surface area contributed by atoms with Gasteiger partial charge in [-0.05, 0) is 30.9 Å². The quantitative estimate of drug-likeness (QED) is 0.769. The van der Waals surface area contributed by atoms with E-state index in [2.05, 4.69) is 10.3 Å². The molecule has 1 aromatic heterocycles. The van der Waals surface area contributed by atoms with Gasteiger partial charge in [-0.3, -0.25) is 4.79 Å². The number of aromatic amines is 1. The largest absolute Gasteiger partial charge is 0.382 e. The number of aromatic nitrogens is 1. The SMILES string of the molecule is CCOCCCNc1cc2ccccc2c(=O)[nH]1. The molecule has 0 atom stereocenters. The van der Waals surface area contributed by atoms with Crippen LogP contribution in [-0.2, 0) is 4.74 Å². The van der Waals surface area contributed by atoms with E-state index >= 15 is 0 Å². The third-order valence-electron chi connectivity index (χ3n) is 2.74. The highest BCUT2D eigenvalue weighted by Crippen LogP contribution is 2.12. The Hall–Kier alpha value is -1.81. The minimum Gasteiger partial charge on any atom is -0.382 e. The molecule has 0 unspecified atom stereocenters. The summed E-state index contributed by atoms with van der Waals surface area (Å²) in [4.78, 5) is 14.6. The summed E-state index contributed by atoms with van der Waals surface area (Å²) in [5.74, 6) is 0.759. The predicted octanol–water partition coefficient (Wildman–Crippen LogP) is 2.37. The highest BCUT2D eigenvalue weighted by molar-refractivity contribution is 5.83. The lowest BCUT2D eigenvalue weighted by Crippen LogP contribution is -2.12. The van der Waals surface area contributed by atoms with Gasteiger partial charge in [0.2, 0.25) is 0 Å². The number of benzene rings is 1. The van der Waals surface area contributed by atoms with Gasteiger partial charge in [-0.25, -0.2) is 0 Å². The average molecular weight is 246 g/mol. The average Bonchev–Trinajstić information content (AvgIpc) is 2.39. The van der Waals surface area contributed by atoms with Crippen molar-refractivity contribution in [2.75, 3.05) is 25.1 Å². The molecule has 18 heavy (non-hydrogen) atoms. The molecule has 2 aromatic rings. The fourth-order valence-corrected chi connectivity index (χ4v) is 1.85. The normalized spacial score (nSPS) is 10.7. The Balaban J connectivity index is 2.03. The van der Waals surface area contributed by atoms with Gasteiger partial charge in [0, 0.05) is 25.1 Å². The molecule has 0 aliphatic carbocycles. The molecule has 0 aliphatic rings. The van der Waals surface area contributed by atoms with Crippen molar-refractivity contribution in [3.05, 3.63) is 40.7 Å². The molecule has 0 bridgehead atoms. The molecule has 1 aromatic carbocycles. The maximum absolute atomic E-state index is 11.8. The summed E-state index contributed by atoms with van der Waals surface area (Å²) in [6.07, 6.45) is 0.919. The van der Waals surface area contributed by atoms with Crippen molar-refractivity contribution in [2.24, 2.45) is 0 Å². The Morgan fingerprint density at radius 3 is 3.00 bits per heavy atom. The second kappa shape index (κ2) is 6.21. The molecule has 0 fully saturated rings. The predicted molar refractivity (Wildman–Crippen MR) is 74.2 cm³/mol. The van der Waals surface area contributed by atoms with Crippen LogP contribution in [0.25, 0.3) is 10.8 Å². The summed E-state index contributed by atoms with van der Waals surface area (Å²) < 4.78 is 5.25. The van der Waals surface area contributed by atoms with Crippen molar-refractivity contribution >= 4 is 16.6 Å². The van der Waals surface area contributed by atoms with Gasteiger partial charge in [0.25, 0.3) is 5.56 Å². The molecule has 96 valence electrons. The Morgan fingerprint density at radius 1 is 1.33 bits per heavy atom. The van der Waals surface area contributed by atoms with E-state index in [1.807, 2.05) is 37.3 Å². The minimum atomic E-state index is -0.0552. The third kappa shape index (κ3) is 3.11. The van der Waals surface area contributed by atoms with Crippen LogP contribution in [0.5, 0.6) is 0 Å². The van der Waals surface area contributed by atoms with Gasteiger partial charge in [0.05, 0.1) is 0 Å². The van der Waals surface area contributed by atoms with Crippen molar-refractivity contribution in [1.82, 2.24) is 4.98 Å². The lowest BCUT2D eigenvalue weighted by Gasteiger charge is -2.07. The van der Waals surface area contributed by atoms with Gasteiger partial charge < -0.3 is 15.0 Å². The first kappa shape index (κ1) is 12.6. The zero-order valence-corrected chi connectivity index (χ0v) is 10.5. The van der Waals surface area contributed by atoms with Crippen molar-refractivity contribution in [1.29, 1.82) is 0 Å². The summed E-state index contributed by atoms with van der Waals surface area (Å²) >= 11 is 0. The molecule has 4 heteroatoms. The highest BCUT2D eigenvalue weighted by Gasteiger charge is 2.00. The van der Waals surface area contributed by atoms with Crippen molar-refractivity contribution in [3.8, 4) is 0 Å². The molecule has 0 aliphatic heterocycles. The Morgan fingerprint density at radius 2 is 2.17 bits per heavy atom. The fourth-order valence-electron chi connectivity index (χ4n) is 1.85. The smallest absolute Gasteiger partial charge is 0.257 e. The first-order valence-electron chi connectivity index (χ1n) is 6.25. The molecule has 0 radical (unpaired) electrons. The summed E-state index contributed by atoms with van der Waals surface area (Å²) in [7, 11) is 0. The van der Waals surface area contributed by atoms with Gasteiger partial charge in [0.1, 0.15) is 5.82 Å². The first-order valence-corrected chi connectivity index (χ1v) is 6.25. The number of anilines is 1. The van der Waals surface area contributed by atoms with Gasteiger partial charge in [-0.2, -0.15) is 0 Å². The lowest BCUT2D eigenvalue weighted by molar-refractivity contribution is 0.147. The Kier molecular flexibility index (Phi) is 4.36. The Labute approximate surface area is 106 Å². The molecule has 0 saturated heterocycles. The second-order valence-electron chi connectivity index (χ2n) is 4.08. The van der Waals surface area contributed by atoms with Crippen LogP contribution >= 0.6 is 0 Å². The number of rotatable bonds is 6. The van der Waals surface area contributed by atoms with E-state index in [1.165, 1.54) is 0 Å². The van der Waals surface area contributed by atoms with E-state index in [1.54, 1.807) is 0 Å². The monoisotopic (exact) mass is 246 g/mol. The van der Waals surface area contributed by atoms with Crippen LogP contribution < -0.4 is 10.9 Å². The van der Waals surface area contributed by atoms with Gasteiger partial charge in [0.15, 0.2) is 0 Å². The molecule has 4 nitrogen and oxygen atoms in total. The third-order valence-corrected chi connectivity index (χ3v) is 2.74. The van der Waals surface area contributed by atoms with Crippen LogP contribution in [0.3, 0.4) is 0 Å². The first-order chi connectivity index (χ1) is 8.81. The number of hydrogen-bond donors (Lipinski definition) is 2. The number of H-pyrrole nitrogens is 1. The van der Waals surface area contributed by atoms with Crippen LogP contribution in [-0.4, -0.2) is 24.7 Å². The van der Waals surface area contributed by atoms with Crippen LogP contribution in [0.1, 0.15) is 13.3 Å². The standard InChI is InChI=1S/C14H18N2O2/c1-2-18-9-5-8-15-13-10-11-6-3-4-7-12(11)14(17)16-13/h3-4,6-7,10H,2,5,8-9H2,1H3,(H2,15,16,17). The van der Waals surface area contributed by atoms with E-state index in [-0.39, 0.29) is 5.56 Å². The number of nitrogens with one attached hydrogen (secondary N) is 2. The summed E-state index contributed by atoms with van der Waals surface area (Å²) in [6.45, 7) is 4.25. The fraction of sp³-hybridized carbons (Fsp3) is 0.357. The van der Waals surface area contributed by atoms with E-state index in [4.69, 9.17) is 4.74 Å². The lowest BCUT2D eigenvalue weighted by atomic mass is 10.2. The number of hydrogen-bond acceptors (Lipinski definition) is 3. The molecule has 0 saturated carbocycles. The number of fused-ring (bicyclic) bond motifs is 1. The summed E-state index contributed by atoms with van der Waals surface area (Å²) in [6, 6.07) is 9.52.